The van der Waals surface area contributed by atoms with Gasteiger partial charge in [-0.2, -0.15) is 9.57 Å². The Hall–Kier alpha value is -4.45. The molecule has 0 atom stereocenters. The van der Waals surface area contributed by atoms with E-state index in [9.17, 15) is 18.5 Å². The van der Waals surface area contributed by atoms with Crippen molar-refractivity contribution >= 4 is 22.0 Å². The van der Waals surface area contributed by atoms with Crippen LogP contribution in [-0.4, -0.2) is 18.6 Å². The highest BCUT2D eigenvalue weighted by molar-refractivity contribution is 7.89. The van der Waals surface area contributed by atoms with Gasteiger partial charge in [0.05, 0.1) is 11.4 Å². The molecule has 3 aromatic carbocycles. The number of hydrogen-bond acceptors (Lipinski definition) is 5. The first-order valence-corrected chi connectivity index (χ1v) is 13.4. The van der Waals surface area contributed by atoms with E-state index >= 15 is 0 Å². The number of carbonyl (C=O) groups excluding carboxylic acids is 1. The SMILES string of the molecule is Cc1ccc(S(=O)(=O)N(Cc2ccccc2)Cc2ccc(/C=C(/C#N)C(=O)NCc3ccccc3)o2)cc1. The van der Waals surface area contributed by atoms with Crippen molar-refractivity contribution in [2.75, 3.05) is 0 Å². The Balaban J connectivity index is 1.53. The Morgan fingerprint density at radius 1 is 0.895 bits per heavy atom. The minimum absolute atomic E-state index is 0.0268. The molecular formula is C30H27N3O4S. The smallest absolute Gasteiger partial charge is 0.262 e. The molecule has 0 aliphatic heterocycles. The fourth-order valence-corrected chi connectivity index (χ4v) is 5.16. The van der Waals surface area contributed by atoms with Gasteiger partial charge in [-0.15, -0.1) is 0 Å². The van der Waals surface area contributed by atoms with Crippen molar-refractivity contribution in [1.29, 1.82) is 5.26 Å². The molecule has 0 saturated heterocycles. The number of nitrogens with zero attached hydrogens (tertiary/aromatic N) is 2. The summed E-state index contributed by atoms with van der Waals surface area (Å²) in [6, 6.07) is 30.5. The topological polar surface area (TPSA) is 103 Å². The van der Waals surface area contributed by atoms with Crippen LogP contribution in [-0.2, 0) is 34.5 Å². The van der Waals surface area contributed by atoms with Crippen LogP contribution in [0, 0.1) is 18.3 Å². The fourth-order valence-electron chi connectivity index (χ4n) is 3.77. The molecule has 1 amide bonds. The highest BCUT2D eigenvalue weighted by Gasteiger charge is 2.26. The monoisotopic (exact) mass is 525 g/mol. The molecule has 192 valence electrons. The highest BCUT2D eigenvalue weighted by Crippen LogP contribution is 2.23. The lowest BCUT2D eigenvalue weighted by Crippen LogP contribution is -2.30. The van der Waals surface area contributed by atoms with Crippen molar-refractivity contribution in [2.24, 2.45) is 0 Å². The molecule has 1 heterocycles. The maximum absolute atomic E-state index is 13.5. The van der Waals surface area contributed by atoms with Crippen molar-refractivity contribution in [3.63, 3.8) is 0 Å². The first-order chi connectivity index (χ1) is 18.3. The highest BCUT2D eigenvalue weighted by atomic mass is 32.2. The summed E-state index contributed by atoms with van der Waals surface area (Å²) in [6.45, 7) is 2.30. The number of aryl methyl sites for hydroxylation is 1. The zero-order chi connectivity index (χ0) is 27.0. The number of nitriles is 1. The number of amides is 1. The van der Waals surface area contributed by atoms with E-state index in [-0.39, 0.29) is 35.9 Å². The van der Waals surface area contributed by atoms with E-state index in [1.807, 2.05) is 73.7 Å². The van der Waals surface area contributed by atoms with Gasteiger partial charge in [-0.3, -0.25) is 4.79 Å². The van der Waals surface area contributed by atoms with Gasteiger partial charge in [-0.25, -0.2) is 8.42 Å². The third-order valence-electron chi connectivity index (χ3n) is 5.82. The molecule has 0 aliphatic rings. The first kappa shape index (κ1) is 26.6. The molecular weight excluding hydrogens is 498 g/mol. The summed E-state index contributed by atoms with van der Waals surface area (Å²) < 4.78 is 34.3. The molecule has 7 nitrogen and oxygen atoms in total. The number of nitrogens with one attached hydrogen (secondary N) is 1. The minimum Gasteiger partial charge on any atom is -0.460 e. The molecule has 0 aliphatic carbocycles. The Bertz CT molecular complexity index is 1550. The van der Waals surface area contributed by atoms with Gasteiger partial charge >= 0.3 is 0 Å². The van der Waals surface area contributed by atoms with Gasteiger partial charge in [0.25, 0.3) is 5.91 Å². The largest absolute Gasteiger partial charge is 0.460 e. The van der Waals surface area contributed by atoms with Crippen LogP contribution in [0.15, 0.2) is 112 Å². The molecule has 0 saturated carbocycles. The molecule has 38 heavy (non-hydrogen) atoms. The third kappa shape index (κ3) is 6.85. The molecule has 4 rings (SSSR count). The number of benzene rings is 3. The van der Waals surface area contributed by atoms with E-state index in [4.69, 9.17) is 4.42 Å². The van der Waals surface area contributed by atoms with Gasteiger partial charge in [0, 0.05) is 19.2 Å². The van der Waals surface area contributed by atoms with Crippen LogP contribution in [0.3, 0.4) is 0 Å². The van der Waals surface area contributed by atoms with Crippen LogP contribution in [0.5, 0.6) is 0 Å². The molecule has 0 spiro atoms. The van der Waals surface area contributed by atoms with Crippen LogP contribution < -0.4 is 5.32 Å². The summed E-state index contributed by atoms with van der Waals surface area (Å²) >= 11 is 0. The Morgan fingerprint density at radius 2 is 1.53 bits per heavy atom. The average Bonchev–Trinajstić information content (AvgIpc) is 3.38. The van der Waals surface area contributed by atoms with Gasteiger partial charge < -0.3 is 9.73 Å². The zero-order valence-corrected chi connectivity index (χ0v) is 21.7. The van der Waals surface area contributed by atoms with Crippen molar-refractivity contribution in [3.8, 4) is 6.07 Å². The number of rotatable bonds is 10. The fraction of sp³-hybridized carbons (Fsp3) is 0.133. The Labute approximate surface area is 222 Å². The second-order valence-electron chi connectivity index (χ2n) is 8.71. The van der Waals surface area contributed by atoms with Crippen molar-refractivity contribution in [2.45, 2.75) is 31.5 Å². The minimum atomic E-state index is -3.84. The van der Waals surface area contributed by atoms with Crippen LogP contribution in [0.25, 0.3) is 6.08 Å². The van der Waals surface area contributed by atoms with Gasteiger partial charge in [0.15, 0.2) is 0 Å². The number of carbonyl (C=O) groups is 1. The Morgan fingerprint density at radius 3 is 2.16 bits per heavy atom. The zero-order valence-electron chi connectivity index (χ0n) is 20.9. The number of sulfonamides is 1. The van der Waals surface area contributed by atoms with Crippen LogP contribution >= 0.6 is 0 Å². The van der Waals surface area contributed by atoms with E-state index in [0.29, 0.717) is 5.76 Å². The van der Waals surface area contributed by atoms with E-state index < -0.39 is 15.9 Å². The van der Waals surface area contributed by atoms with E-state index in [2.05, 4.69) is 5.32 Å². The molecule has 4 aromatic rings. The lowest BCUT2D eigenvalue weighted by atomic mass is 10.2. The van der Waals surface area contributed by atoms with Crippen LogP contribution in [0.4, 0.5) is 0 Å². The summed E-state index contributed by atoms with van der Waals surface area (Å²) in [5.41, 5.74) is 2.58. The first-order valence-electron chi connectivity index (χ1n) is 12.0. The average molecular weight is 526 g/mol. The van der Waals surface area contributed by atoms with Crippen molar-refractivity contribution < 1.29 is 17.6 Å². The molecule has 8 heteroatoms. The van der Waals surface area contributed by atoms with Crippen LogP contribution in [0.1, 0.15) is 28.2 Å². The standard InChI is InChI=1S/C30H27N3O4S/c1-23-12-16-29(17-13-23)38(35,36)33(21-25-10-6-3-7-11-25)22-28-15-14-27(37-28)18-26(19-31)30(34)32-20-24-8-4-2-5-9-24/h2-18H,20-22H2,1H3,(H,32,34)/b26-18-. The normalized spacial score (nSPS) is 11.8. The molecule has 0 fully saturated rings. The van der Waals surface area contributed by atoms with Crippen molar-refractivity contribution in [3.05, 3.63) is 131 Å². The number of furan rings is 1. The molecule has 1 aromatic heterocycles. The van der Waals surface area contributed by atoms with Crippen LogP contribution in [0.2, 0.25) is 0 Å². The Kier molecular flexibility index (Phi) is 8.54. The van der Waals surface area contributed by atoms with Gasteiger partial charge in [-0.05, 0) is 42.3 Å². The summed E-state index contributed by atoms with van der Waals surface area (Å²) in [6.07, 6.45) is 1.35. The molecule has 0 unspecified atom stereocenters. The molecule has 0 bridgehead atoms. The van der Waals surface area contributed by atoms with Crippen molar-refractivity contribution in [1.82, 2.24) is 9.62 Å². The third-order valence-corrected chi connectivity index (χ3v) is 7.63. The van der Waals surface area contributed by atoms with E-state index in [0.717, 1.165) is 16.7 Å². The van der Waals surface area contributed by atoms with E-state index in [1.54, 1.807) is 36.4 Å². The predicted molar refractivity (Wildman–Crippen MR) is 145 cm³/mol. The van der Waals surface area contributed by atoms with Gasteiger partial charge in [0.1, 0.15) is 23.2 Å². The van der Waals surface area contributed by atoms with Gasteiger partial charge in [-0.1, -0.05) is 78.4 Å². The predicted octanol–water partition coefficient (Wildman–Crippen LogP) is 5.20. The molecule has 0 radical (unpaired) electrons. The number of hydrogen-bond donors (Lipinski definition) is 1. The lowest BCUT2D eigenvalue weighted by Gasteiger charge is -2.21. The lowest BCUT2D eigenvalue weighted by molar-refractivity contribution is -0.117. The summed E-state index contributed by atoms with van der Waals surface area (Å²) in [4.78, 5) is 12.7. The second-order valence-corrected chi connectivity index (χ2v) is 10.7. The maximum atomic E-state index is 13.5. The summed E-state index contributed by atoms with van der Waals surface area (Å²) in [7, 11) is -3.84. The summed E-state index contributed by atoms with van der Waals surface area (Å²) in [5, 5.41) is 12.2. The quantitative estimate of drug-likeness (QED) is 0.226. The maximum Gasteiger partial charge on any atom is 0.262 e. The summed E-state index contributed by atoms with van der Waals surface area (Å²) in [5.74, 6) is 0.130. The molecule has 1 N–H and O–H groups in total. The second kappa shape index (κ2) is 12.2. The van der Waals surface area contributed by atoms with Gasteiger partial charge in [0.2, 0.25) is 10.0 Å². The van der Waals surface area contributed by atoms with E-state index in [1.165, 1.54) is 10.4 Å².